The van der Waals surface area contributed by atoms with E-state index in [1.807, 2.05) is 0 Å². The molecular weight excluding hydrogens is 336 g/mol. The summed E-state index contributed by atoms with van der Waals surface area (Å²) in [7, 11) is 0. The third-order valence-corrected chi connectivity index (χ3v) is 5.92. The first kappa shape index (κ1) is 20.6. The van der Waals surface area contributed by atoms with Crippen molar-refractivity contribution in [2.75, 3.05) is 0 Å². The van der Waals surface area contributed by atoms with Gasteiger partial charge in [0.25, 0.3) is 0 Å². The van der Waals surface area contributed by atoms with Gasteiger partial charge in [0.2, 0.25) is 0 Å². The fourth-order valence-electron chi connectivity index (χ4n) is 4.04. The molecule has 2 aromatic carbocycles. The number of hydrogen-bond donors (Lipinski definition) is 0. The quantitative estimate of drug-likeness (QED) is 0.437. The fourth-order valence-corrected chi connectivity index (χ4v) is 4.04. The Morgan fingerprint density at radius 1 is 0.857 bits per heavy atom. The van der Waals surface area contributed by atoms with Crippen molar-refractivity contribution in [1.29, 1.82) is 0 Å². The normalized spacial score (nSPS) is 16.3. The largest absolute Gasteiger partial charge is 0.0808 e. The molecule has 0 N–H and O–H groups in total. The summed E-state index contributed by atoms with van der Waals surface area (Å²) in [5.74, 6) is 0.661. The molecule has 148 valence electrons. The zero-order valence-corrected chi connectivity index (χ0v) is 18.2. The SMILES string of the molecule is CCCCc1cc(-c2ccc(C)cc2)c(CCCC)cc1C1=CCC(C)C=C1. The minimum Gasteiger partial charge on any atom is -0.0808 e. The molecule has 0 bridgehead atoms. The molecule has 0 aliphatic heterocycles. The van der Waals surface area contributed by atoms with Gasteiger partial charge in [-0.2, -0.15) is 0 Å². The van der Waals surface area contributed by atoms with Gasteiger partial charge in [-0.05, 0) is 78.3 Å². The van der Waals surface area contributed by atoms with E-state index in [0.29, 0.717) is 5.92 Å². The predicted molar refractivity (Wildman–Crippen MR) is 125 cm³/mol. The number of benzene rings is 2. The molecule has 0 fully saturated rings. The van der Waals surface area contributed by atoms with Crippen LogP contribution in [0.2, 0.25) is 0 Å². The second-order valence-corrected chi connectivity index (χ2v) is 8.47. The Kier molecular flexibility index (Phi) is 7.31. The smallest absolute Gasteiger partial charge is 0.0149 e. The standard InChI is InChI=1S/C28H36/c1-5-7-9-25-19-28(24-17-13-22(4)14-18-24)26(10-8-6-2)20-27(25)23-15-11-21(3)12-16-23/h11-13,15-20,22H,5-10,14H2,1-4H3. The second-order valence-electron chi connectivity index (χ2n) is 8.47. The van der Waals surface area contributed by atoms with Gasteiger partial charge in [-0.25, -0.2) is 0 Å². The molecule has 0 heteroatoms. The van der Waals surface area contributed by atoms with Crippen LogP contribution in [-0.4, -0.2) is 0 Å². The molecule has 0 nitrogen and oxygen atoms in total. The van der Waals surface area contributed by atoms with E-state index in [2.05, 4.69) is 82.3 Å². The molecule has 0 saturated carbocycles. The van der Waals surface area contributed by atoms with Crippen LogP contribution < -0.4 is 0 Å². The second kappa shape index (κ2) is 9.92. The lowest BCUT2D eigenvalue weighted by molar-refractivity contribution is 0.738. The van der Waals surface area contributed by atoms with Gasteiger partial charge in [-0.1, -0.05) is 93.8 Å². The van der Waals surface area contributed by atoms with Gasteiger partial charge in [0.1, 0.15) is 0 Å². The summed E-state index contributed by atoms with van der Waals surface area (Å²) in [6.07, 6.45) is 15.6. The van der Waals surface area contributed by atoms with Crippen molar-refractivity contribution >= 4 is 5.57 Å². The van der Waals surface area contributed by atoms with Crippen molar-refractivity contribution in [2.45, 2.75) is 72.6 Å². The summed E-state index contributed by atoms with van der Waals surface area (Å²) in [5, 5.41) is 0. The fraction of sp³-hybridized carbons (Fsp3) is 0.429. The number of allylic oxidation sites excluding steroid dienone is 4. The first-order chi connectivity index (χ1) is 13.6. The van der Waals surface area contributed by atoms with Crippen molar-refractivity contribution in [3.8, 4) is 11.1 Å². The average Bonchev–Trinajstić information content (AvgIpc) is 2.72. The Bertz CT molecular complexity index is 833. The Morgan fingerprint density at radius 2 is 1.46 bits per heavy atom. The lowest BCUT2D eigenvalue weighted by Crippen LogP contribution is -2.02. The Balaban J connectivity index is 2.10. The van der Waals surface area contributed by atoms with Crippen molar-refractivity contribution in [2.24, 2.45) is 5.92 Å². The van der Waals surface area contributed by atoms with Crippen LogP contribution in [0.4, 0.5) is 0 Å². The van der Waals surface area contributed by atoms with E-state index < -0.39 is 0 Å². The maximum Gasteiger partial charge on any atom is -0.0149 e. The molecule has 28 heavy (non-hydrogen) atoms. The van der Waals surface area contributed by atoms with Gasteiger partial charge >= 0.3 is 0 Å². The molecular formula is C28H36. The first-order valence-corrected chi connectivity index (χ1v) is 11.2. The van der Waals surface area contributed by atoms with Crippen molar-refractivity contribution in [3.63, 3.8) is 0 Å². The van der Waals surface area contributed by atoms with E-state index in [4.69, 9.17) is 0 Å². The molecule has 1 aliphatic rings. The van der Waals surface area contributed by atoms with E-state index in [-0.39, 0.29) is 0 Å². The van der Waals surface area contributed by atoms with E-state index in [1.165, 1.54) is 71.1 Å². The highest BCUT2D eigenvalue weighted by Gasteiger charge is 2.15. The molecule has 3 rings (SSSR count). The van der Waals surface area contributed by atoms with E-state index in [9.17, 15) is 0 Å². The van der Waals surface area contributed by atoms with E-state index in [0.717, 1.165) is 12.8 Å². The van der Waals surface area contributed by atoms with Gasteiger partial charge in [-0.15, -0.1) is 0 Å². The molecule has 0 radical (unpaired) electrons. The maximum atomic E-state index is 2.52. The topological polar surface area (TPSA) is 0 Å². The zero-order valence-electron chi connectivity index (χ0n) is 18.2. The summed E-state index contributed by atoms with van der Waals surface area (Å²) in [6.45, 7) is 9.04. The van der Waals surface area contributed by atoms with Crippen molar-refractivity contribution in [3.05, 3.63) is 76.9 Å². The van der Waals surface area contributed by atoms with Crippen LogP contribution in [-0.2, 0) is 12.8 Å². The van der Waals surface area contributed by atoms with Gasteiger partial charge in [0.15, 0.2) is 0 Å². The zero-order chi connectivity index (χ0) is 19.9. The minimum atomic E-state index is 0.661. The lowest BCUT2D eigenvalue weighted by Gasteiger charge is -2.20. The highest BCUT2D eigenvalue weighted by atomic mass is 14.2. The molecule has 0 aromatic heterocycles. The summed E-state index contributed by atoms with van der Waals surface area (Å²) < 4.78 is 0. The lowest BCUT2D eigenvalue weighted by atomic mass is 9.85. The monoisotopic (exact) mass is 372 g/mol. The molecule has 1 aliphatic carbocycles. The number of rotatable bonds is 8. The molecule has 0 heterocycles. The van der Waals surface area contributed by atoms with Gasteiger partial charge in [-0.3, -0.25) is 0 Å². The van der Waals surface area contributed by atoms with Crippen LogP contribution in [0.5, 0.6) is 0 Å². The number of hydrogen-bond acceptors (Lipinski definition) is 0. The van der Waals surface area contributed by atoms with Crippen LogP contribution >= 0.6 is 0 Å². The van der Waals surface area contributed by atoms with Crippen molar-refractivity contribution in [1.82, 2.24) is 0 Å². The van der Waals surface area contributed by atoms with Crippen LogP contribution in [0.3, 0.4) is 0 Å². The third kappa shape index (κ3) is 5.04. The Hall–Kier alpha value is -2.08. The summed E-state index contributed by atoms with van der Waals surface area (Å²) in [6, 6.07) is 14.1. The minimum absolute atomic E-state index is 0.661. The van der Waals surface area contributed by atoms with Crippen LogP contribution in [0, 0.1) is 12.8 Å². The molecule has 0 amide bonds. The van der Waals surface area contributed by atoms with Crippen molar-refractivity contribution < 1.29 is 0 Å². The van der Waals surface area contributed by atoms with E-state index >= 15 is 0 Å². The van der Waals surface area contributed by atoms with Gasteiger partial charge in [0, 0.05) is 0 Å². The molecule has 0 saturated heterocycles. The Morgan fingerprint density at radius 3 is 2.04 bits per heavy atom. The van der Waals surface area contributed by atoms with E-state index in [1.54, 1.807) is 0 Å². The summed E-state index contributed by atoms with van der Waals surface area (Å²) in [4.78, 5) is 0. The van der Waals surface area contributed by atoms with Crippen LogP contribution in [0.15, 0.2) is 54.6 Å². The van der Waals surface area contributed by atoms with Crippen LogP contribution in [0.1, 0.15) is 75.1 Å². The Labute approximate surface area is 172 Å². The first-order valence-electron chi connectivity index (χ1n) is 11.2. The molecule has 1 atom stereocenters. The maximum absolute atomic E-state index is 2.52. The van der Waals surface area contributed by atoms with Gasteiger partial charge in [0.05, 0.1) is 0 Å². The summed E-state index contributed by atoms with van der Waals surface area (Å²) >= 11 is 0. The highest BCUT2D eigenvalue weighted by molar-refractivity contribution is 5.81. The third-order valence-electron chi connectivity index (χ3n) is 5.92. The number of unbranched alkanes of at least 4 members (excludes halogenated alkanes) is 2. The highest BCUT2D eigenvalue weighted by Crippen LogP contribution is 2.34. The summed E-state index contributed by atoms with van der Waals surface area (Å²) in [5.41, 5.74) is 10.1. The van der Waals surface area contributed by atoms with Gasteiger partial charge < -0.3 is 0 Å². The molecule has 1 unspecified atom stereocenters. The molecule has 0 spiro atoms. The average molecular weight is 373 g/mol. The predicted octanol–water partition coefficient (Wildman–Crippen LogP) is 8.33. The van der Waals surface area contributed by atoms with Crippen LogP contribution in [0.25, 0.3) is 16.7 Å². The molecule has 2 aromatic rings. The number of aryl methyl sites for hydroxylation is 3.